The quantitative estimate of drug-likeness (QED) is 0.881. The first-order valence-electron chi connectivity index (χ1n) is 8.47. The number of aromatic nitrogens is 3. The molecule has 2 aromatic heterocycles. The molecule has 132 valence electrons. The lowest BCUT2D eigenvalue weighted by atomic mass is 10.1. The van der Waals surface area contributed by atoms with Gasteiger partial charge in [-0.2, -0.15) is 9.40 Å². The van der Waals surface area contributed by atoms with Crippen LogP contribution in [0.3, 0.4) is 0 Å². The van der Waals surface area contributed by atoms with Crippen LogP contribution in [0.5, 0.6) is 0 Å². The molecule has 0 spiro atoms. The summed E-state index contributed by atoms with van der Waals surface area (Å²) < 4.78 is 29.8. The van der Waals surface area contributed by atoms with Crippen LogP contribution < -0.4 is 5.32 Å². The van der Waals surface area contributed by atoms with E-state index in [2.05, 4.69) is 15.4 Å². The van der Waals surface area contributed by atoms with Gasteiger partial charge < -0.3 is 5.32 Å². The summed E-state index contributed by atoms with van der Waals surface area (Å²) in [7, 11) is -1.74. The Bertz CT molecular complexity index is 824. The van der Waals surface area contributed by atoms with Crippen molar-refractivity contribution in [1.82, 2.24) is 24.4 Å². The lowest BCUT2D eigenvalue weighted by Gasteiger charge is -2.33. The van der Waals surface area contributed by atoms with Crippen LogP contribution >= 0.6 is 0 Å². The minimum absolute atomic E-state index is 0.0573. The number of nitrogens with one attached hydrogen (secondary N) is 1. The van der Waals surface area contributed by atoms with Crippen molar-refractivity contribution in [3.63, 3.8) is 0 Å². The highest BCUT2D eigenvalue weighted by atomic mass is 32.2. The molecule has 3 heterocycles. The average Bonchev–Trinajstić information content (AvgIpc) is 2.87. The predicted molar refractivity (Wildman–Crippen MR) is 93.3 cm³/mol. The van der Waals surface area contributed by atoms with Crippen LogP contribution in [-0.2, 0) is 17.1 Å². The largest absolute Gasteiger partial charge is 0.317 e. The SMILES string of the molecule is CCCN(C1CCNCC1)S(=O)(=O)c1cnc2c(c1)c(C)nn2C. The molecule has 0 amide bonds. The third kappa shape index (κ3) is 3.05. The maximum atomic E-state index is 13.2. The van der Waals surface area contributed by atoms with Gasteiger partial charge in [-0.05, 0) is 45.3 Å². The standard InChI is InChI=1S/C16H25N5O2S/c1-4-9-21(13-5-7-17-8-6-13)24(22,23)14-10-15-12(2)19-20(3)16(15)18-11-14/h10-11,13,17H,4-9H2,1-3H3. The van der Waals surface area contributed by atoms with Crippen molar-refractivity contribution in [1.29, 1.82) is 0 Å². The van der Waals surface area contributed by atoms with Crippen molar-refractivity contribution < 1.29 is 8.42 Å². The molecule has 7 nitrogen and oxygen atoms in total. The van der Waals surface area contributed by atoms with Crippen LogP contribution in [-0.4, -0.2) is 53.2 Å². The molecule has 0 bridgehead atoms. The number of fused-ring (bicyclic) bond motifs is 1. The molecular formula is C16H25N5O2S. The topological polar surface area (TPSA) is 80.1 Å². The molecular weight excluding hydrogens is 326 g/mol. The highest BCUT2D eigenvalue weighted by Gasteiger charge is 2.32. The van der Waals surface area contributed by atoms with Gasteiger partial charge in [-0.1, -0.05) is 6.92 Å². The first-order valence-corrected chi connectivity index (χ1v) is 9.91. The van der Waals surface area contributed by atoms with Crippen molar-refractivity contribution in [2.24, 2.45) is 7.05 Å². The third-order valence-electron chi connectivity index (χ3n) is 4.60. The zero-order valence-electron chi connectivity index (χ0n) is 14.5. The number of piperidine rings is 1. The first kappa shape index (κ1) is 17.3. The predicted octanol–water partition coefficient (Wildman–Crippen LogP) is 1.43. The molecule has 0 radical (unpaired) electrons. The van der Waals surface area contributed by atoms with Crippen LogP contribution in [0.2, 0.25) is 0 Å². The summed E-state index contributed by atoms with van der Waals surface area (Å²) in [5.41, 5.74) is 1.50. The molecule has 0 aromatic carbocycles. The van der Waals surface area contributed by atoms with Crippen LogP contribution in [0.1, 0.15) is 31.9 Å². The Morgan fingerprint density at radius 2 is 2.08 bits per heavy atom. The number of pyridine rings is 1. The van der Waals surface area contributed by atoms with E-state index in [1.165, 1.54) is 6.20 Å². The van der Waals surface area contributed by atoms with Gasteiger partial charge in [-0.25, -0.2) is 13.4 Å². The molecule has 0 aliphatic carbocycles. The van der Waals surface area contributed by atoms with Gasteiger partial charge >= 0.3 is 0 Å². The van der Waals surface area contributed by atoms with Crippen molar-refractivity contribution in [3.8, 4) is 0 Å². The second-order valence-electron chi connectivity index (χ2n) is 6.35. The Kier molecular flexibility index (Phi) is 4.89. The Morgan fingerprint density at radius 1 is 1.38 bits per heavy atom. The van der Waals surface area contributed by atoms with E-state index in [-0.39, 0.29) is 10.9 Å². The second kappa shape index (κ2) is 6.78. The van der Waals surface area contributed by atoms with E-state index >= 15 is 0 Å². The van der Waals surface area contributed by atoms with Crippen LogP contribution in [0.25, 0.3) is 11.0 Å². The Balaban J connectivity index is 2.02. The molecule has 1 fully saturated rings. The van der Waals surface area contributed by atoms with Gasteiger partial charge in [0.1, 0.15) is 4.90 Å². The molecule has 1 aliphatic rings. The maximum absolute atomic E-state index is 13.2. The lowest BCUT2D eigenvalue weighted by Crippen LogP contribution is -2.46. The minimum atomic E-state index is -3.56. The Morgan fingerprint density at radius 3 is 2.75 bits per heavy atom. The van der Waals surface area contributed by atoms with Gasteiger partial charge in [0.2, 0.25) is 10.0 Å². The van der Waals surface area contributed by atoms with E-state index in [1.807, 2.05) is 20.9 Å². The van der Waals surface area contributed by atoms with Crippen molar-refractivity contribution >= 4 is 21.1 Å². The Hall–Kier alpha value is -1.51. The molecule has 0 unspecified atom stereocenters. The molecule has 0 saturated carbocycles. The fourth-order valence-electron chi connectivity index (χ4n) is 3.38. The molecule has 1 aliphatic heterocycles. The summed E-state index contributed by atoms with van der Waals surface area (Å²) in [6, 6.07) is 1.77. The smallest absolute Gasteiger partial charge is 0.244 e. The zero-order valence-corrected chi connectivity index (χ0v) is 15.3. The number of sulfonamides is 1. The molecule has 1 N–H and O–H groups in total. The fraction of sp³-hybridized carbons (Fsp3) is 0.625. The van der Waals surface area contributed by atoms with Gasteiger partial charge in [-0.3, -0.25) is 4.68 Å². The lowest BCUT2D eigenvalue weighted by molar-refractivity contribution is 0.262. The van der Waals surface area contributed by atoms with E-state index in [1.54, 1.807) is 15.1 Å². The van der Waals surface area contributed by atoms with Gasteiger partial charge in [0.05, 0.1) is 5.69 Å². The maximum Gasteiger partial charge on any atom is 0.244 e. The monoisotopic (exact) mass is 351 g/mol. The summed E-state index contributed by atoms with van der Waals surface area (Å²) in [5, 5.41) is 8.41. The summed E-state index contributed by atoms with van der Waals surface area (Å²) in [6.45, 7) is 6.14. The fourth-order valence-corrected chi connectivity index (χ4v) is 5.13. The van der Waals surface area contributed by atoms with Crippen LogP contribution in [0.4, 0.5) is 0 Å². The van der Waals surface area contributed by atoms with Gasteiger partial charge in [0.15, 0.2) is 5.65 Å². The average molecular weight is 351 g/mol. The summed E-state index contributed by atoms with van der Waals surface area (Å²) >= 11 is 0. The number of hydrogen-bond acceptors (Lipinski definition) is 5. The summed E-state index contributed by atoms with van der Waals surface area (Å²) in [4.78, 5) is 4.60. The van der Waals surface area contributed by atoms with Crippen molar-refractivity contribution in [2.75, 3.05) is 19.6 Å². The molecule has 0 atom stereocenters. The van der Waals surface area contributed by atoms with Gasteiger partial charge in [0, 0.05) is 31.2 Å². The van der Waals surface area contributed by atoms with E-state index in [0.29, 0.717) is 12.2 Å². The normalized spacial score (nSPS) is 17.0. The van der Waals surface area contributed by atoms with Crippen molar-refractivity contribution in [3.05, 3.63) is 18.0 Å². The Labute approximate surface area is 143 Å². The second-order valence-corrected chi connectivity index (χ2v) is 8.24. The number of aryl methyl sites for hydroxylation is 2. The number of hydrogen-bond donors (Lipinski definition) is 1. The first-order chi connectivity index (χ1) is 11.4. The molecule has 2 aromatic rings. The molecule has 8 heteroatoms. The molecule has 24 heavy (non-hydrogen) atoms. The van der Waals surface area contributed by atoms with E-state index in [9.17, 15) is 8.42 Å². The highest BCUT2D eigenvalue weighted by Crippen LogP contribution is 2.25. The summed E-state index contributed by atoms with van der Waals surface area (Å²) in [5.74, 6) is 0. The van der Waals surface area contributed by atoms with Crippen LogP contribution in [0, 0.1) is 6.92 Å². The minimum Gasteiger partial charge on any atom is -0.317 e. The van der Waals surface area contributed by atoms with Gasteiger partial charge in [-0.15, -0.1) is 0 Å². The zero-order chi connectivity index (χ0) is 17.3. The van der Waals surface area contributed by atoms with E-state index in [0.717, 1.165) is 43.4 Å². The highest BCUT2D eigenvalue weighted by molar-refractivity contribution is 7.89. The van der Waals surface area contributed by atoms with E-state index < -0.39 is 10.0 Å². The number of nitrogens with zero attached hydrogens (tertiary/aromatic N) is 4. The van der Waals surface area contributed by atoms with Crippen LogP contribution in [0.15, 0.2) is 17.2 Å². The third-order valence-corrected chi connectivity index (χ3v) is 6.52. The number of rotatable bonds is 5. The van der Waals surface area contributed by atoms with Crippen molar-refractivity contribution in [2.45, 2.75) is 44.0 Å². The molecule has 3 rings (SSSR count). The summed E-state index contributed by atoms with van der Waals surface area (Å²) in [6.07, 6.45) is 3.95. The van der Waals surface area contributed by atoms with Gasteiger partial charge in [0.25, 0.3) is 0 Å². The molecule has 1 saturated heterocycles. The van der Waals surface area contributed by atoms with E-state index in [4.69, 9.17) is 0 Å².